The Morgan fingerprint density at radius 2 is 1.95 bits per heavy atom. The Hall–Kier alpha value is -2.14. The maximum absolute atomic E-state index is 5.65. The zero-order valence-electron chi connectivity index (χ0n) is 11.4. The van der Waals surface area contributed by atoms with Crippen molar-refractivity contribution in [2.75, 3.05) is 19.8 Å². The molecule has 1 aromatic carbocycles. The van der Waals surface area contributed by atoms with Crippen LogP contribution in [0.3, 0.4) is 0 Å². The first-order valence-electron chi connectivity index (χ1n) is 6.78. The first-order chi connectivity index (χ1) is 9.88. The van der Waals surface area contributed by atoms with Gasteiger partial charge in [-0.2, -0.15) is 10.2 Å². The highest BCUT2D eigenvalue weighted by molar-refractivity contribution is 5.46. The van der Waals surface area contributed by atoms with E-state index in [0.29, 0.717) is 13.2 Å². The fraction of sp³-hybridized carbons (Fsp3) is 0.333. The maximum Gasteiger partial charge on any atom is 0.161 e. The lowest BCUT2D eigenvalue weighted by atomic mass is 10.00. The van der Waals surface area contributed by atoms with Gasteiger partial charge in [0.15, 0.2) is 11.5 Å². The van der Waals surface area contributed by atoms with E-state index in [2.05, 4.69) is 28.5 Å². The molecule has 0 aliphatic carbocycles. The monoisotopic (exact) mass is 271 g/mol. The SMILES string of the molecule is CCNC(c1ccnnc1)c1ccc2c(c1)OCCO2. The second-order valence-electron chi connectivity index (χ2n) is 4.57. The van der Waals surface area contributed by atoms with Gasteiger partial charge < -0.3 is 14.8 Å². The normalized spacial score (nSPS) is 14.8. The van der Waals surface area contributed by atoms with Crippen LogP contribution in [-0.2, 0) is 0 Å². The molecule has 1 atom stereocenters. The van der Waals surface area contributed by atoms with Crippen molar-refractivity contribution >= 4 is 0 Å². The zero-order chi connectivity index (χ0) is 13.8. The lowest BCUT2D eigenvalue weighted by Gasteiger charge is -2.22. The van der Waals surface area contributed by atoms with Gasteiger partial charge in [-0.1, -0.05) is 13.0 Å². The summed E-state index contributed by atoms with van der Waals surface area (Å²) >= 11 is 0. The van der Waals surface area contributed by atoms with Gasteiger partial charge in [-0.15, -0.1) is 0 Å². The van der Waals surface area contributed by atoms with Crippen molar-refractivity contribution in [3.8, 4) is 11.5 Å². The first-order valence-corrected chi connectivity index (χ1v) is 6.78. The average molecular weight is 271 g/mol. The van der Waals surface area contributed by atoms with Gasteiger partial charge in [-0.25, -0.2) is 0 Å². The van der Waals surface area contributed by atoms with Crippen molar-refractivity contribution < 1.29 is 9.47 Å². The Kier molecular flexibility index (Phi) is 3.78. The number of ether oxygens (including phenoxy) is 2. The Balaban J connectivity index is 1.95. The van der Waals surface area contributed by atoms with Gasteiger partial charge >= 0.3 is 0 Å². The summed E-state index contributed by atoms with van der Waals surface area (Å²) in [6.07, 6.45) is 3.49. The van der Waals surface area contributed by atoms with Gasteiger partial charge in [-0.3, -0.25) is 0 Å². The molecule has 1 N–H and O–H groups in total. The summed E-state index contributed by atoms with van der Waals surface area (Å²) in [5, 5.41) is 11.2. The van der Waals surface area contributed by atoms with Crippen molar-refractivity contribution in [3.05, 3.63) is 47.8 Å². The third-order valence-electron chi connectivity index (χ3n) is 3.25. The molecule has 2 heterocycles. The Labute approximate surface area is 117 Å². The summed E-state index contributed by atoms with van der Waals surface area (Å²) in [7, 11) is 0. The lowest BCUT2D eigenvalue weighted by Crippen LogP contribution is -2.23. The van der Waals surface area contributed by atoms with Crippen LogP contribution in [0.25, 0.3) is 0 Å². The number of benzene rings is 1. The van der Waals surface area contributed by atoms with E-state index in [1.165, 1.54) is 0 Å². The van der Waals surface area contributed by atoms with Crippen molar-refractivity contribution in [1.82, 2.24) is 15.5 Å². The fourth-order valence-corrected chi connectivity index (χ4v) is 2.34. The van der Waals surface area contributed by atoms with Crippen LogP contribution in [0.2, 0.25) is 0 Å². The van der Waals surface area contributed by atoms with Gasteiger partial charge in [0.05, 0.1) is 12.2 Å². The van der Waals surface area contributed by atoms with Crippen LogP contribution in [0.4, 0.5) is 0 Å². The van der Waals surface area contributed by atoms with Crippen LogP contribution >= 0.6 is 0 Å². The maximum atomic E-state index is 5.65. The standard InChI is InChI=1S/C15H17N3O2/c1-2-16-15(12-5-6-17-18-10-12)11-3-4-13-14(9-11)20-8-7-19-13/h3-6,9-10,15-16H,2,7-8H2,1H3. The molecule has 1 aliphatic rings. The number of nitrogens with one attached hydrogen (secondary N) is 1. The van der Waals surface area contributed by atoms with E-state index in [1.54, 1.807) is 12.4 Å². The van der Waals surface area contributed by atoms with E-state index < -0.39 is 0 Å². The van der Waals surface area contributed by atoms with Crippen LogP contribution < -0.4 is 14.8 Å². The summed E-state index contributed by atoms with van der Waals surface area (Å²) in [4.78, 5) is 0. The zero-order valence-corrected chi connectivity index (χ0v) is 11.4. The summed E-state index contributed by atoms with van der Waals surface area (Å²) in [6.45, 7) is 4.15. The molecular formula is C15H17N3O2. The summed E-state index contributed by atoms with van der Waals surface area (Å²) < 4.78 is 11.2. The van der Waals surface area contributed by atoms with Crippen molar-refractivity contribution in [3.63, 3.8) is 0 Å². The summed E-state index contributed by atoms with van der Waals surface area (Å²) in [5.41, 5.74) is 2.21. The second kappa shape index (κ2) is 5.88. The smallest absolute Gasteiger partial charge is 0.161 e. The van der Waals surface area contributed by atoms with Crippen LogP contribution in [0.15, 0.2) is 36.7 Å². The van der Waals surface area contributed by atoms with E-state index >= 15 is 0 Å². The molecule has 0 radical (unpaired) electrons. The van der Waals surface area contributed by atoms with Crippen molar-refractivity contribution in [2.45, 2.75) is 13.0 Å². The quantitative estimate of drug-likeness (QED) is 0.921. The number of rotatable bonds is 4. The minimum atomic E-state index is 0.0753. The van der Waals surface area contributed by atoms with Gasteiger partial charge in [0.1, 0.15) is 13.2 Å². The molecule has 0 amide bonds. The van der Waals surface area contributed by atoms with E-state index in [9.17, 15) is 0 Å². The number of hydrogen-bond acceptors (Lipinski definition) is 5. The van der Waals surface area contributed by atoms with Crippen LogP contribution in [0.1, 0.15) is 24.1 Å². The summed E-state index contributed by atoms with van der Waals surface area (Å²) in [6, 6.07) is 8.09. The van der Waals surface area contributed by atoms with Crippen LogP contribution in [-0.4, -0.2) is 30.0 Å². The number of nitrogens with zero attached hydrogens (tertiary/aromatic N) is 2. The third-order valence-corrected chi connectivity index (χ3v) is 3.25. The van der Waals surface area contributed by atoms with Crippen molar-refractivity contribution in [2.24, 2.45) is 0 Å². The molecule has 0 saturated heterocycles. The van der Waals surface area contributed by atoms with Gasteiger partial charge in [0.25, 0.3) is 0 Å². The Morgan fingerprint density at radius 3 is 2.70 bits per heavy atom. The molecule has 0 spiro atoms. The molecular weight excluding hydrogens is 254 g/mol. The Morgan fingerprint density at radius 1 is 1.10 bits per heavy atom. The predicted octanol–water partition coefficient (Wildman–Crippen LogP) is 1.95. The lowest BCUT2D eigenvalue weighted by molar-refractivity contribution is 0.171. The Bertz CT molecular complexity index is 575. The van der Waals surface area contributed by atoms with E-state index in [-0.39, 0.29) is 6.04 Å². The number of fused-ring (bicyclic) bond motifs is 1. The summed E-state index contributed by atoms with van der Waals surface area (Å²) in [5.74, 6) is 1.61. The van der Waals surface area contributed by atoms with E-state index in [4.69, 9.17) is 9.47 Å². The average Bonchev–Trinajstić information content (AvgIpc) is 2.53. The molecule has 0 bridgehead atoms. The first kappa shape index (κ1) is 12.9. The highest BCUT2D eigenvalue weighted by atomic mass is 16.6. The fourth-order valence-electron chi connectivity index (χ4n) is 2.34. The molecule has 1 aliphatic heterocycles. The topological polar surface area (TPSA) is 56.3 Å². The molecule has 0 fully saturated rings. The minimum Gasteiger partial charge on any atom is -0.486 e. The van der Waals surface area contributed by atoms with Crippen molar-refractivity contribution in [1.29, 1.82) is 0 Å². The molecule has 104 valence electrons. The van der Waals surface area contributed by atoms with E-state index in [0.717, 1.165) is 29.2 Å². The van der Waals surface area contributed by atoms with Gasteiger partial charge in [0.2, 0.25) is 0 Å². The van der Waals surface area contributed by atoms with Gasteiger partial charge in [-0.05, 0) is 35.9 Å². The molecule has 3 rings (SSSR count). The number of hydrogen-bond donors (Lipinski definition) is 1. The molecule has 1 unspecified atom stereocenters. The van der Waals surface area contributed by atoms with Crippen LogP contribution in [0, 0.1) is 0 Å². The number of aromatic nitrogens is 2. The predicted molar refractivity (Wildman–Crippen MR) is 75.0 cm³/mol. The molecule has 5 heteroatoms. The highest BCUT2D eigenvalue weighted by Gasteiger charge is 2.18. The largest absolute Gasteiger partial charge is 0.486 e. The van der Waals surface area contributed by atoms with E-state index in [1.807, 2.05) is 18.2 Å². The molecule has 2 aromatic rings. The molecule has 20 heavy (non-hydrogen) atoms. The third kappa shape index (κ3) is 2.58. The van der Waals surface area contributed by atoms with Crippen LogP contribution in [0.5, 0.6) is 11.5 Å². The molecule has 5 nitrogen and oxygen atoms in total. The van der Waals surface area contributed by atoms with Gasteiger partial charge in [0, 0.05) is 6.20 Å². The minimum absolute atomic E-state index is 0.0753. The molecule has 0 saturated carbocycles. The highest BCUT2D eigenvalue weighted by Crippen LogP contribution is 2.34. The molecule has 1 aromatic heterocycles. The second-order valence-corrected chi connectivity index (χ2v) is 4.57.